The van der Waals surface area contributed by atoms with Crippen molar-refractivity contribution in [1.29, 1.82) is 0 Å². The molecule has 6 heteroatoms. The van der Waals surface area contributed by atoms with Crippen molar-refractivity contribution in [3.05, 3.63) is 47.0 Å². The number of para-hydroxylation sites is 2. The van der Waals surface area contributed by atoms with Crippen molar-refractivity contribution in [2.45, 2.75) is 6.92 Å². The van der Waals surface area contributed by atoms with Crippen molar-refractivity contribution in [2.75, 3.05) is 18.2 Å². The number of amides is 1. The number of rotatable bonds is 3. The van der Waals surface area contributed by atoms with Gasteiger partial charge in [-0.15, -0.1) is 11.3 Å². The van der Waals surface area contributed by atoms with Gasteiger partial charge in [-0.3, -0.25) is 4.79 Å². The van der Waals surface area contributed by atoms with E-state index in [-0.39, 0.29) is 5.91 Å². The normalized spacial score (nSPS) is 10.6. The van der Waals surface area contributed by atoms with E-state index in [4.69, 9.17) is 10.5 Å². The standard InChI is InChI=1S/C16H15N3O2S/c1-9-7-8-18-16-12(9)13(17)14(22-16)15(20)19-10-5-3-4-6-11(10)21-2/h3-8H,17H2,1-2H3,(H,19,20). The van der Waals surface area contributed by atoms with Crippen molar-refractivity contribution in [1.82, 2.24) is 4.98 Å². The van der Waals surface area contributed by atoms with Crippen molar-refractivity contribution in [2.24, 2.45) is 0 Å². The summed E-state index contributed by atoms with van der Waals surface area (Å²) >= 11 is 1.29. The largest absolute Gasteiger partial charge is 0.495 e. The van der Waals surface area contributed by atoms with Crippen molar-refractivity contribution in [3.63, 3.8) is 0 Å². The molecule has 2 heterocycles. The Hall–Kier alpha value is -2.60. The van der Waals surface area contributed by atoms with E-state index >= 15 is 0 Å². The van der Waals surface area contributed by atoms with E-state index < -0.39 is 0 Å². The second kappa shape index (κ2) is 5.65. The van der Waals surface area contributed by atoms with Crippen LogP contribution in [-0.4, -0.2) is 18.0 Å². The number of fused-ring (bicyclic) bond motifs is 1. The Morgan fingerprint density at radius 3 is 2.82 bits per heavy atom. The Balaban J connectivity index is 1.99. The molecule has 0 bridgehead atoms. The zero-order valence-corrected chi connectivity index (χ0v) is 13.0. The maximum Gasteiger partial charge on any atom is 0.268 e. The van der Waals surface area contributed by atoms with E-state index in [1.807, 2.05) is 25.1 Å². The molecule has 0 fully saturated rings. The van der Waals surface area contributed by atoms with Crippen LogP contribution in [0.3, 0.4) is 0 Å². The number of aromatic nitrogens is 1. The average molecular weight is 313 g/mol. The molecule has 0 atom stereocenters. The van der Waals surface area contributed by atoms with Crippen LogP contribution in [0.2, 0.25) is 0 Å². The molecular weight excluding hydrogens is 298 g/mol. The summed E-state index contributed by atoms with van der Waals surface area (Å²) in [5.41, 5.74) is 8.23. The fraction of sp³-hybridized carbons (Fsp3) is 0.125. The molecule has 0 radical (unpaired) electrons. The number of hydrogen-bond donors (Lipinski definition) is 2. The third kappa shape index (κ3) is 2.37. The number of nitrogens with two attached hydrogens (primary N) is 1. The Bertz CT molecular complexity index is 858. The molecule has 112 valence electrons. The first-order valence-corrected chi connectivity index (χ1v) is 7.51. The molecule has 0 aliphatic carbocycles. The molecule has 3 rings (SSSR count). The molecule has 0 unspecified atom stereocenters. The lowest BCUT2D eigenvalue weighted by Gasteiger charge is -2.09. The van der Waals surface area contributed by atoms with Gasteiger partial charge >= 0.3 is 0 Å². The lowest BCUT2D eigenvalue weighted by atomic mass is 10.1. The highest BCUT2D eigenvalue weighted by Gasteiger charge is 2.19. The SMILES string of the molecule is COc1ccccc1NC(=O)c1sc2nccc(C)c2c1N. The van der Waals surface area contributed by atoms with Gasteiger partial charge in [0.05, 0.1) is 18.5 Å². The second-order valence-electron chi connectivity index (χ2n) is 4.81. The molecular formula is C16H15N3O2S. The highest BCUT2D eigenvalue weighted by Crippen LogP contribution is 2.35. The molecule has 2 aromatic heterocycles. The summed E-state index contributed by atoms with van der Waals surface area (Å²) in [6.07, 6.45) is 1.72. The van der Waals surface area contributed by atoms with Crippen LogP contribution in [0.5, 0.6) is 5.75 Å². The number of methoxy groups -OCH3 is 1. The van der Waals surface area contributed by atoms with Gasteiger partial charge in [-0.2, -0.15) is 0 Å². The van der Waals surface area contributed by atoms with Crippen LogP contribution in [0.1, 0.15) is 15.2 Å². The zero-order valence-electron chi connectivity index (χ0n) is 12.2. The van der Waals surface area contributed by atoms with Crippen LogP contribution in [0.15, 0.2) is 36.5 Å². The summed E-state index contributed by atoms with van der Waals surface area (Å²) in [6.45, 7) is 1.95. The van der Waals surface area contributed by atoms with Crippen LogP contribution in [0, 0.1) is 6.92 Å². The van der Waals surface area contributed by atoms with Crippen molar-refractivity contribution >= 4 is 38.8 Å². The summed E-state index contributed by atoms with van der Waals surface area (Å²) < 4.78 is 5.24. The molecule has 1 amide bonds. The quantitative estimate of drug-likeness (QED) is 0.776. The Kier molecular flexibility index (Phi) is 3.68. The number of ether oxygens (including phenoxy) is 1. The molecule has 0 aliphatic heterocycles. The predicted octanol–water partition coefficient (Wildman–Crippen LogP) is 3.45. The summed E-state index contributed by atoms with van der Waals surface area (Å²) in [4.78, 5) is 18.0. The predicted molar refractivity (Wildman–Crippen MR) is 89.7 cm³/mol. The first-order chi connectivity index (χ1) is 10.6. The number of pyridine rings is 1. The molecule has 1 aromatic carbocycles. The number of hydrogen-bond acceptors (Lipinski definition) is 5. The van der Waals surface area contributed by atoms with Gasteiger partial charge < -0.3 is 15.8 Å². The highest BCUT2D eigenvalue weighted by molar-refractivity contribution is 7.21. The van der Waals surface area contributed by atoms with Crippen LogP contribution < -0.4 is 15.8 Å². The summed E-state index contributed by atoms with van der Waals surface area (Å²) in [5, 5.41) is 3.68. The first-order valence-electron chi connectivity index (χ1n) is 6.69. The van der Waals surface area contributed by atoms with Crippen LogP contribution >= 0.6 is 11.3 Å². The van der Waals surface area contributed by atoms with Gasteiger partial charge in [0.25, 0.3) is 5.91 Å². The van der Waals surface area contributed by atoms with Crippen LogP contribution in [-0.2, 0) is 0 Å². The molecule has 0 spiro atoms. The van der Waals surface area contributed by atoms with Gasteiger partial charge in [0.1, 0.15) is 15.5 Å². The third-order valence-electron chi connectivity index (χ3n) is 3.40. The number of carbonyl (C=O) groups excluding carboxylic acids is 1. The monoisotopic (exact) mass is 313 g/mol. The molecule has 3 aromatic rings. The maximum atomic E-state index is 12.5. The number of nitrogens with zero attached hydrogens (tertiary/aromatic N) is 1. The average Bonchev–Trinajstić information content (AvgIpc) is 2.86. The van der Waals surface area contributed by atoms with E-state index in [1.54, 1.807) is 25.4 Å². The van der Waals surface area contributed by atoms with Gasteiger partial charge in [-0.05, 0) is 30.7 Å². The second-order valence-corrected chi connectivity index (χ2v) is 5.81. The first kappa shape index (κ1) is 14.3. The van der Waals surface area contributed by atoms with Crippen LogP contribution in [0.4, 0.5) is 11.4 Å². The minimum absolute atomic E-state index is 0.260. The summed E-state index contributed by atoms with van der Waals surface area (Å²) in [6, 6.07) is 9.13. The van der Waals surface area contributed by atoms with Gasteiger partial charge in [-0.1, -0.05) is 12.1 Å². The minimum Gasteiger partial charge on any atom is -0.495 e. The van der Waals surface area contributed by atoms with E-state index in [9.17, 15) is 4.79 Å². The van der Waals surface area contributed by atoms with Crippen molar-refractivity contribution in [3.8, 4) is 5.75 Å². The molecule has 0 saturated carbocycles. The number of benzene rings is 1. The molecule has 5 nitrogen and oxygen atoms in total. The number of nitrogen functional groups attached to an aromatic ring is 1. The maximum absolute atomic E-state index is 12.5. The topological polar surface area (TPSA) is 77.2 Å². The zero-order chi connectivity index (χ0) is 15.7. The Morgan fingerprint density at radius 1 is 1.32 bits per heavy atom. The fourth-order valence-corrected chi connectivity index (χ4v) is 3.33. The van der Waals surface area contributed by atoms with Gasteiger partial charge in [0.2, 0.25) is 0 Å². The smallest absolute Gasteiger partial charge is 0.268 e. The number of nitrogens with one attached hydrogen (secondary N) is 1. The fourth-order valence-electron chi connectivity index (χ4n) is 2.30. The lowest BCUT2D eigenvalue weighted by molar-refractivity contribution is 0.103. The number of carbonyl (C=O) groups is 1. The molecule has 0 saturated heterocycles. The number of anilines is 2. The summed E-state index contributed by atoms with van der Waals surface area (Å²) in [5.74, 6) is 0.342. The van der Waals surface area contributed by atoms with E-state index in [1.165, 1.54) is 11.3 Å². The molecule has 22 heavy (non-hydrogen) atoms. The Labute approximate surface area is 131 Å². The number of aryl methyl sites for hydroxylation is 1. The van der Waals surface area contributed by atoms with E-state index in [2.05, 4.69) is 10.3 Å². The Morgan fingerprint density at radius 2 is 2.09 bits per heavy atom. The van der Waals surface area contributed by atoms with Gasteiger partial charge in [0, 0.05) is 11.6 Å². The number of thiophene rings is 1. The highest BCUT2D eigenvalue weighted by atomic mass is 32.1. The minimum atomic E-state index is -0.260. The third-order valence-corrected chi connectivity index (χ3v) is 4.51. The van der Waals surface area contributed by atoms with Gasteiger partial charge in [0.15, 0.2) is 0 Å². The van der Waals surface area contributed by atoms with Crippen molar-refractivity contribution < 1.29 is 9.53 Å². The molecule has 0 aliphatic rings. The van der Waals surface area contributed by atoms with Crippen LogP contribution in [0.25, 0.3) is 10.2 Å². The van der Waals surface area contributed by atoms with E-state index in [0.29, 0.717) is 22.0 Å². The molecule has 3 N–H and O–H groups in total. The van der Waals surface area contributed by atoms with E-state index in [0.717, 1.165) is 15.8 Å². The summed E-state index contributed by atoms with van der Waals surface area (Å²) in [7, 11) is 1.56. The van der Waals surface area contributed by atoms with Gasteiger partial charge in [-0.25, -0.2) is 4.98 Å². The lowest BCUT2D eigenvalue weighted by Crippen LogP contribution is -2.12.